The number of nitrogens with zero attached hydrogens (tertiary/aromatic N) is 2. The molecule has 116 valence electrons. The van der Waals surface area contributed by atoms with Gasteiger partial charge in [-0.05, 0) is 41.3 Å². The van der Waals surface area contributed by atoms with Gasteiger partial charge in [0.2, 0.25) is 0 Å². The van der Waals surface area contributed by atoms with Crippen molar-refractivity contribution >= 4 is 27.7 Å². The first kappa shape index (κ1) is 16.2. The number of methoxy groups -OCH3 is 1. The van der Waals surface area contributed by atoms with Crippen LogP contribution in [0.3, 0.4) is 0 Å². The summed E-state index contributed by atoms with van der Waals surface area (Å²) < 4.78 is 6.17. The molecule has 21 heavy (non-hydrogen) atoms. The van der Waals surface area contributed by atoms with Gasteiger partial charge in [0, 0.05) is 37.4 Å². The van der Waals surface area contributed by atoms with Crippen LogP contribution >= 0.6 is 15.9 Å². The van der Waals surface area contributed by atoms with Crippen LogP contribution in [0.4, 0.5) is 5.82 Å². The minimum atomic E-state index is 0.0388. The fourth-order valence-electron chi connectivity index (χ4n) is 2.45. The van der Waals surface area contributed by atoms with Crippen LogP contribution in [0.25, 0.3) is 0 Å². The topological polar surface area (TPSA) is 54.5 Å². The normalized spacial score (nSPS) is 16.0. The number of halogens is 1. The Balaban J connectivity index is 2.12. The first-order valence-electron chi connectivity index (χ1n) is 7.37. The summed E-state index contributed by atoms with van der Waals surface area (Å²) in [6.07, 6.45) is 4.76. The molecular weight excluding hydrogens is 334 g/mol. The van der Waals surface area contributed by atoms with Gasteiger partial charge in [0.15, 0.2) is 0 Å². The minimum absolute atomic E-state index is 0.0388. The summed E-state index contributed by atoms with van der Waals surface area (Å²) in [5.41, 5.74) is 0.633. The summed E-state index contributed by atoms with van der Waals surface area (Å²) in [5.74, 6) is 0.705. The molecule has 1 aromatic rings. The van der Waals surface area contributed by atoms with E-state index in [-0.39, 0.29) is 12.0 Å². The van der Waals surface area contributed by atoms with Gasteiger partial charge in [-0.25, -0.2) is 4.98 Å². The lowest BCUT2D eigenvalue weighted by Gasteiger charge is -2.31. The lowest BCUT2D eigenvalue weighted by molar-refractivity contribution is 0.0351. The van der Waals surface area contributed by atoms with Crippen molar-refractivity contribution in [3.05, 3.63) is 22.3 Å². The maximum absolute atomic E-state index is 12.7. The van der Waals surface area contributed by atoms with Crippen molar-refractivity contribution in [3.63, 3.8) is 0 Å². The maximum atomic E-state index is 12.7. The summed E-state index contributed by atoms with van der Waals surface area (Å²) in [4.78, 5) is 18.9. The number of anilines is 1. The van der Waals surface area contributed by atoms with E-state index in [1.54, 1.807) is 13.3 Å². The molecule has 0 atom stereocenters. The molecule has 5 nitrogen and oxygen atoms in total. The zero-order valence-corrected chi connectivity index (χ0v) is 14.1. The van der Waals surface area contributed by atoms with Crippen LogP contribution in [0.15, 0.2) is 16.7 Å². The quantitative estimate of drug-likeness (QED) is 0.882. The van der Waals surface area contributed by atoms with E-state index in [1.165, 1.54) is 0 Å². The maximum Gasteiger partial charge on any atom is 0.257 e. The lowest BCUT2D eigenvalue weighted by Crippen LogP contribution is -2.40. The number of rotatable bonds is 5. The first-order chi connectivity index (χ1) is 10.2. The van der Waals surface area contributed by atoms with Crippen LogP contribution in [0, 0.1) is 0 Å². The molecule has 2 rings (SSSR count). The smallest absolute Gasteiger partial charge is 0.257 e. The van der Waals surface area contributed by atoms with Crippen LogP contribution in [0.2, 0.25) is 0 Å². The molecule has 0 aromatic carbocycles. The molecule has 0 spiro atoms. The van der Waals surface area contributed by atoms with E-state index in [0.717, 1.165) is 43.4 Å². The summed E-state index contributed by atoms with van der Waals surface area (Å²) in [7, 11) is 1.73. The van der Waals surface area contributed by atoms with Crippen molar-refractivity contribution in [2.45, 2.75) is 32.3 Å². The van der Waals surface area contributed by atoms with Crippen LogP contribution in [0.5, 0.6) is 0 Å². The van der Waals surface area contributed by atoms with E-state index in [4.69, 9.17) is 4.74 Å². The zero-order chi connectivity index (χ0) is 15.2. The Morgan fingerprint density at radius 3 is 2.86 bits per heavy atom. The van der Waals surface area contributed by atoms with Crippen molar-refractivity contribution in [1.29, 1.82) is 0 Å². The molecule has 1 aliphatic heterocycles. The van der Waals surface area contributed by atoms with Gasteiger partial charge in [-0.15, -0.1) is 0 Å². The molecule has 0 aliphatic carbocycles. The Hall–Kier alpha value is -1.14. The number of piperidine rings is 1. The number of amides is 1. The van der Waals surface area contributed by atoms with Gasteiger partial charge in [0.05, 0.1) is 11.7 Å². The molecule has 2 heterocycles. The summed E-state index contributed by atoms with van der Waals surface area (Å²) in [6.45, 7) is 4.36. The largest absolute Gasteiger partial charge is 0.381 e. The molecular formula is C15H22BrN3O2. The number of carbonyl (C=O) groups is 1. The summed E-state index contributed by atoms with van der Waals surface area (Å²) >= 11 is 3.40. The van der Waals surface area contributed by atoms with Gasteiger partial charge in [-0.2, -0.15) is 0 Å². The second-order valence-corrected chi connectivity index (χ2v) is 6.12. The lowest BCUT2D eigenvalue weighted by atomic mass is 10.1. The van der Waals surface area contributed by atoms with E-state index < -0.39 is 0 Å². The summed E-state index contributed by atoms with van der Waals surface area (Å²) in [6, 6.07) is 1.84. The molecule has 1 N–H and O–H groups in total. The van der Waals surface area contributed by atoms with Gasteiger partial charge < -0.3 is 15.0 Å². The summed E-state index contributed by atoms with van der Waals surface area (Å²) in [5, 5.41) is 3.23. The number of carbonyl (C=O) groups excluding carboxylic acids is 1. The highest BCUT2D eigenvalue weighted by molar-refractivity contribution is 9.10. The van der Waals surface area contributed by atoms with Gasteiger partial charge in [-0.3, -0.25) is 4.79 Å². The molecule has 0 radical (unpaired) electrons. The molecule has 6 heteroatoms. The molecule has 1 amide bonds. The fraction of sp³-hybridized carbons (Fsp3) is 0.600. The molecule has 1 aromatic heterocycles. The molecule has 1 fully saturated rings. The SMILES string of the molecule is CCCNc1ncc(Br)cc1C(=O)N1CCC(OC)CC1. The van der Waals surface area contributed by atoms with E-state index in [1.807, 2.05) is 11.0 Å². The van der Waals surface area contributed by atoms with Crippen LogP contribution in [-0.4, -0.2) is 48.6 Å². The predicted octanol–water partition coefficient (Wildman–Crippen LogP) is 2.92. The number of pyridine rings is 1. The molecule has 0 saturated carbocycles. The van der Waals surface area contributed by atoms with E-state index in [2.05, 4.69) is 33.2 Å². The van der Waals surface area contributed by atoms with Gasteiger partial charge >= 0.3 is 0 Å². The van der Waals surface area contributed by atoms with Crippen molar-refractivity contribution in [1.82, 2.24) is 9.88 Å². The average molecular weight is 356 g/mol. The average Bonchev–Trinajstić information content (AvgIpc) is 2.53. The van der Waals surface area contributed by atoms with Crippen LogP contribution in [-0.2, 0) is 4.74 Å². The third kappa shape index (κ3) is 4.17. The molecule has 0 unspecified atom stereocenters. The highest BCUT2D eigenvalue weighted by Gasteiger charge is 2.25. The van der Waals surface area contributed by atoms with Crippen LogP contribution < -0.4 is 5.32 Å². The van der Waals surface area contributed by atoms with Crippen molar-refractivity contribution in [2.24, 2.45) is 0 Å². The molecule has 1 saturated heterocycles. The third-order valence-electron chi connectivity index (χ3n) is 3.69. The minimum Gasteiger partial charge on any atom is -0.381 e. The predicted molar refractivity (Wildman–Crippen MR) is 86.7 cm³/mol. The third-order valence-corrected chi connectivity index (χ3v) is 4.12. The van der Waals surface area contributed by atoms with Gasteiger partial charge in [0.25, 0.3) is 5.91 Å². The van der Waals surface area contributed by atoms with Crippen LogP contribution in [0.1, 0.15) is 36.5 Å². The number of nitrogens with one attached hydrogen (secondary N) is 1. The Labute approximate surface area is 134 Å². The van der Waals surface area contributed by atoms with E-state index in [0.29, 0.717) is 11.4 Å². The highest BCUT2D eigenvalue weighted by Crippen LogP contribution is 2.22. The van der Waals surface area contributed by atoms with E-state index in [9.17, 15) is 4.79 Å². The Morgan fingerprint density at radius 1 is 1.52 bits per heavy atom. The second-order valence-electron chi connectivity index (χ2n) is 5.20. The number of likely N-dealkylation sites (tertiary alicyclic amines) is 1. The molecule has 0 bridgehead atoms. The Kier molecular flexibility index (Phi) is 5.99. The standard InChI is InChI=1S/C15H22BrN3O2/c1-3-6-17-14-13(9-11(16)10-18-14)15(20)19-7-4-12(21-2)5-8-19/h9-10,12H,3-8H2,1-2H3,(H,17,18). The monoisotopic (exact) mass is 355 g/mol. The van der Waals surface area contributed by atoms with Gasteiger partial charge in [-0.1, -0.05) is 6.92 Å². The first-order valence-corrected chi connectivity index (χ1v) is 8.16. The number of hydrogen-bond donors (Lipinski definition) is 1. The van der Waals surface area contributed by atoms with Crippen molar-refractivity contribution in [3.8, 4) is 0 Å². The van der Waals surface area contributed by atoms with Crippen molar-refractivity contribution < 1.29 is 9.53 Å². The Morgan fingerprint density at radius 2 is 2.24 bits per heavy atom. The number of ether oxygens (including phenoxy) is 1. The zero-order valence-electron chi connectivity index (χ0n) is 12.6. The Bertz CT molecular complexity index is 488. The van der Waals surface area contributed by atoms with Crippen molar-refractivity contribution in [2.75, 3.05) is 32.1 Å². The van der Waals surface area contributed by atoms with Gasteiger partial charge in [0.1, 0.15) is 5.82 Å². The fourth-order valence-corrected chi connectivity index (χ4v) is 2.78. The van der Waals surface area contributed by atoms with E-state index >= 15 is 0 Å². The molecule has 1 aliphatic rings. The number of hydrogen-bond acceptors (Lipinski definition) is 4. The highest BCUT2D eigenvalue weighted by atomic mass is 79.9. The number of aromatic nitrogens is 1. The second kappa shape index (κ2) is 7.75.